The highest BCUT2D eigenvalue weighted by Gasteiger charge is 2.22. The summed E-state index contributed by atoms with van der Waals surface area (Å²) in [6.07, 6.45) is 0.198. The zero-order valence-corrected chi connectivity index (χ0v) is 24.6. The minimum absolute atomic E-state index is 0.0724. The Kier molecular flexibility index (Phi) is 4.45. The van der Waals surface area contributed by atoms with Gasteiger partial charge in [0.15, 0.2) is 0 Å². The summed E-state index contributed by atoms with van der Waals surface area (Å²) in [6.45, 7) is 0. The first-order valence-corrected chi connectivity index (χ1v) is 15.2. The monoisotopic (exact) mass is 595 g/mol. The summed E-state index contributed by atoms with van der Waals surface area (Å²) >= 11 is 0. The third-order valence-electron chi connectivity index (χ3n) is 8.79. The molecule has 1 heteroatoms. The molecule has 0 unspecified atom stereocenters. The zero-order chi connectivity index (χ0) is 38.3. The van der Waals surface area contributed by atoms with Crippen molar-refractivity contribution < 1.29 is 16.8 Å². The Morgan fingerprint density at radius 2 is 1.04 bits per heavy atom. The number of hydrogen-bond acceptors (Lipinski definition) is 1. The van der Waals surface area contributed by atoms with E-state index in [1.54, 1.807) is 0 Å². The van der Waals surface area contributed by atoms with Crippen molar-refractivity contribution in [2.75, 3.05) is 0 Å². The van der Waals surface area contributed by atoms with Gasteiger partial charge in [0.2, 0.25) is 0 Å². The second-order valence-electron chi connectivity index (χ2n) is 11.3. The van der Waals surface area contributed by atoms with Crippen molar-refractivity contribution in [2.45, 2.75) is 6.42 Å². The number of furan rings is 1. The third kappa shape index (κ3) is 4.24. The van der Waals surface area contributed by atoms with E-state index in [1.807, 2.05) is 115 Å². The first-order valence-electron chi connectivity index (χ1n) is 19.7. The fourth-order valence-corrected chi connectivity index (χ4v) is 6.86. The first-order chi connectivity index (χ1) is 26.6. The Balaban J connectivity index is 1.42. The number of hydrogen-bond donors (Lipinski definition) is 0. The molecule has 1 nitrogen and oxygen atoms in total. The smallest absolute Gasteiger partial charge is 0.136 e. The standard InChI is InChI=1S/C45H30O/c1-3-15-30(16-4-1)33-20-8-7-19-32(33)29-40-34-21-9-11-23-36(34)44(37-24-12-10-22-35(37)40)39-27-28-42-45(38-25-13-14-26-41(38)46-42)43(39)31-17-5-2-6-18-31/h1-28H,29H2/i2D,5D,6D,7D,8D,17D,18D,19D,20D. The van der Waals surface area contributed by atoms with Crippen LogP contribution in [0.25, 0.3) is 76.9 Å². The molecule has 0 saturated heterocycles. The second-order valence-corrected chi connectivity index (χ2v) is 11.3. The summed E-state index contributed by atoms with van der Waals surface area (Å²) in [5.41, 5.74) is 5.60. The van der Waals surface area contributed by atoms with E-state index in [0.29, 0.717) is 44.4 Å². The second kappa shape index (κ2) is 10.9. The van der Waals surface area contributed by atoms with Crippen LogP contribution in [0.4, 0.5) is 0 Å². The molecule has 9 rings (SSSR count). The normalized spacial score (nSPS) is 14.3. The van der Waals surface area contributed by atoms with Crippen LogP contribution in [0.5, 0.6) is 0 Å². The predicted octanol–water partition coefficient (Wildman–Crippen LogP) is 12.5. The molecule has 1 heterocycles. The van der Waals surface area contributed by atoms with Gasteiger partial charge in [-0.05, 0) is 85.1 Å². The first kappa shape index (κ1) is 18.8. The number of para-hydroxylation sites is 1. The van der Waals surface area contributed by atoms with Gasteiger partial charge in [0.05, 0.1) is 12.3 Å². The number of rotatable bonds is 5. The van der Waals surface area contributed by atoms with Crippen LogP contribution in [0.15, 0.2) is 174 Å². The van der Waals surface area contributed by atoms with E-state index in [1.165, 1.54) is 0 Å². The van der Waals surface area contributed by atoms with Crippen LogP contribution >= 0.6 is 0 Å². The minimum atomic E-state index is -0.474. The minimum Gasteiger partial charge on any atom is -0.456 e. The fourth-order valence-electron chi connectivity index (χ4n) is 6.86. The van der Waals surface area contributed by atoms with Crippen molar-refractivity contribution in [3.8, 4) is 33.4 Å². The van der Waals surface area contributed by atoms with Crippen molar-refractivity contribution in [1.29, 1.82) is 0 Å². The van der Waals surface area contributed by atoms with E-state index >= 15 is 0 Å². The van der Waals surface area contributed by atoms with Crippen LogP contribution in [0.3, 0.4) is 0 Å². The average Bonchev–Trinajstić information content (AvgIpc) is 3.60. The van der Waals surface area contributed by atoms with Crippen molar-refractivity contribution >= 4 is 43.5 Å². The molecule has 0 atom stereocenters. The molecule has 8 aromatic carbocycles. The van der Waals surface area contributed by atoms with E-state index < -0.39 is 18.1 Å². The van der Waals surface area contributed by atoms with Crippen LogP contribution in [0.1, 0.15) is 23.5 Å². The third-order valence-corrected chi connectivity index (χ3v) is 8.79. The maximum absolute atomic E-state index is 9.15. The lowest BCUT2D eigenvalue weighted by Gasteiger charge is -2.20. The molecular weight excluding hydrogens is 556 g/mol. The molecule has 1 aromatic heterocycles. The molecule has 0 aliphatic rings. The summed E-state index contributed by atoms with van der Waals surface area (Å²) in [6, 6.07) is 33.6. The molecule has 0 fully saturated rings. The van der Waals surface area contributed by atoms with Gasteiger partial charge in [-0.25, -0.2) is 0 Å². The quantitative estimate of drug-likeness (QED) is 0.180. The Morgan fingerprint density at radius 1 is 0.435 bits per heavy atom. The van der Waals surface area contributed by atoms with Gasteiger partial charge in [-0.1, -0.05) is 151 Å². The van der Waals surface area contributed by atoms with E-state index in [2.05, 4.69) is 0 Å². The number of benzene rings is 8. The molecule has 0 radical (unpaired) electrons. The van der Waals surface area contributed by atoms with Crippen LogP contribution in [0, 0.1) is 0 Å². The van der Waals surface area contributed by atoms with Gasteiger partial charge in [0.1, 0.15) is 11.2 Å². The highest BCUT2D eigenvalue weighted by molar-refractivity contribution is 6.22. The average molecular weight is 596 g/mol. The van der Waals surface area contributed by atoms with Crippen molar-refractivity contribution in [3.05, 3.63) is 181 Å². The van der Waals surface area contributed by atoms with E-state index in [0.717, 1.165) is 38.1 Å². The summed E-state index contributed by atoms with van der Waals surface area (Å²) in [4.78, 5) is 0. The van der Waals surface area contributed by atoms with Gasteiger partial charge in [-0.3, -0.25) is 0 Å². The lowest BCUT2D eigenvalue weighted by Crippen LogP contribution is -1.98. The molecule has 0 amide bonds. The van der Waals surface area contributed by atoms with Gasteiger partial charge in [0, 0.05) is 16.3 Å². The Morgan fingerprint density at radius 3 is 1.78 bits per heavy atom. The summed E-state index contributed by atoms with van der Waals surface area (Å²) in [5.74, 6) is 0. The van der Waals surface area contributed by atoms with Gasteiger partial charge in [0.25, 0.3) is 0 Å². The molecule has 0 aliphatic carbocycles. The molecule has 0 aliphatic heterocycles. The number of fused-ring (bicyclic) bond motifs is 5. The molecule has 46 heavy (non-hydrogen) atoms. The predicted molar refractivity (Wildman–Crippen MR) is 194 cm³/mol. The molecule has 0 bridgehead atoms. The highest BCUT2D eigenvalue weighted by Crippen LogP contribution is 2.48. The van der Waals surface area contributed by atoms with Crippen LogP contribution in [-0.2, 0) is 6.42 Å². The highest BCUT2D eigenvalue weighted by atomic mass is 16.3. The lowest BCUT2D eigenvalue weighted by atomic mass is 9.82. The SMILES string of the molecule is [2H]c1c([2H])c([2H])c(-c2c(-c3c4ccccc4c(Cc4c([2H])c([2H])c([2H])c([2H])c4-c4ccccc4)c4ccccc34)ccc3oc4ccccc4c23)c([2H])c1[2H]. The summed E-state index contributed by atoms with van der Waals surface area (Å²) < 4.78 is 85.5. The van der Waals surface area contributed by atoms with Gasteiger partial charge in [-0.2, -0.15) is 0 Å². The molecule has 0 spiro atoms. The molecule has 216 valence electrons. The fraction of sp³-hybridized carbons (Fsp3) is 0.0222. The van der Waals surface area contributed by atoms with Crippen molar-refractivity contribution in [2.24, 2.45) is 0 Å². The van der Waals surface area contributed by atoms with E-state index in [-0.39, 0.29) is 48.2 Å². The van der Waals surface area contributed by atoms with Crippen molar-refractivity contribution in [1.82, 2.24) is 0 Å². The molecule has 0 N–H and O–H groups in total. The van der Waals surface area contributed by atoms with Gasteiger partial charge >= 0.3 is 0 Å². The molecule has 0 saturated carbocycles. The summed E-state index contributed by atoms with van der Waals surface area (Å²) in [7, 11) is 0. The van der Waals surface area contributed by atoms with E-state index in [9.17, 15) is 0 Å². The Labute approximate surface area is 280 Å². The largest absolute Gasteiger partial charge is 0.456 e. The zero-order valence-electron chi connectivity index (χ0n) is 33.6. The van der Waals surface area contributed by atoms with Gasteiger partial charge < -0.3 is 4.42 Å². The maximum atomic E-state index is 9.15. The molecular formula is C45H30O. The summed E-state index contributed by atoms with van der Waals surface area (Å²) in [5, 5.41) is 4.76. The Hall–Kier alpha value is -5.92. The van der Waals surface area contributed by atoms with Crippen LogP contribution < -0.4 is 0 Å². The maximum Gasteiger partial charge on any atom is 0.136 e. The van der Waals surface area contributed by atoms with Gasteiger partial charge in [-0.15, -0.1) is 0 Å². The molecule has 9 aromatic rings. The Bertz CT molecular complexity index is 2970. The van der Waals surface area contributed by atoms with Crippen LogP contribution in [-0.4, -0.2) is 0 Å². The lowest BCUT2D eigenvalue weighted by molar-refractivity contribution is 0.669. The topological polar surface area (TPSA) is 13.1 Å². The van der Waals surface area contributed by atoms with E-state index in [4.69, 9.17) is 16.8 Å². The van der Waals surface area contributed by atoms with Crippen LogP contribution in [0.2, 0.25) is 0 Å². The van der Waals surface area contributed by atoms with Crippen molar-refractivity contribution in [3.63, 3.8) is 0 Å².